The van der Waals surface area contributed by atoms with Crippen molar-refractivity contribution in [3.8, 4) is 0 Å². The smallest absolute Gasteiger partial charge is 0.338 e. The van der Waals surface area contributed by atoms with Gasteiger partial charge in [-0.1, -0.05) is 230 Å². The molecule has 1 N–H and O–H groups in total. The van der Waals surface area contributed by atoms with Crippen LogP contribution in [0.3, 0.4) is 0 Å². The van der Waals surface area contributed by atoms with Crippen LogP contribution in [0.5, 0.6) is 0 Å². The molecule has 12 rings (SSSR count). The zero-order chi connectivity index (χ0) is 93.7. The fourth-order valence-electron chi connectivity index (χ4n) is 21.5. The van der Waals surface area contributed by atoms with Gasteiger partial charge in [0, 0.05) is 32.2 Å². The molecule has 0 aromatic heterocycles. The Morgan fingerprint density at radius 3 is 0.858 bits per heavy atom. The number of aliphatic imine (C=N–C) groups is 3. The molecule has 18 nitrogen and oxygen atoms in total. The number of hydrogen-bond acceptors (Lipinski definition) is 15. The number of amides is 3. The average molecular weight is 1780 g/mol. The van der Waals surface area contributed by atoms with Crippen LogP contribution in [-0.4, -0.2) is 152 Å². The molecule has 3 spiro atoms. The van der Waals surface area contributed by atoms with Gasteiger partial charge in [0.25, 0.3) is 17.7 Å². The largest absolute Gasteiger partial charge is 0.459 e. The third-order valence-electron chi connectivity index (χ3n) is 29.5. The molecule has 0 bridgehead atoms. The minimum atomic E-state index is -0.590. The highest BCUT2D eigenvalue weighted by Gasteiger charge is 2.57. The number of likely N-dealkylation sites (N-methyl/N-ethyl adjacent to an activating group) is 2. The van der Waals surface area contributed by atoms with Crippen LogP contribution < -0.4 is 5.32 Å². The molecule has 3 amide bonds. The number of halogens is 1. The summed E-state index contributed by atoms with van der Waals surface area (Å²) in [6, 6.07) is 24.3. The van der Waals surface area contributed by atoms with Crippen molar-refractivity contribution in [3.63, 3.8) is 0 Å². The van der Waals surface area contributed by atoms with Crippen LogP contribution in [0.15, 0.2) is 87.8 Å². The molecule has 6 aliphatic carbocycles. The van der Waals surface area contributed by atoms with Crippen molar-refractivity contribution in [2.45, 2.75) is 450 Å². The van der Waals surface area contributed by atoms with Crippen molar-refractivity contribution in [3.05, 3.63) is 106 Å². The summed E-state index contributed by atoms with van der Waals surface area (Å²) < 4.78 is 16.2. The lowest BCUT2D eigenvalue weighted by Crippen LogP contribution is -2.52. The summed E-state index contributed by atoms with van der Waals surface area (Å²) in [5.41, 5.74) is 4.21. The normalized spacial score (nSPS) is 24.5. The van der Waals surface area contributed by atoms with Gasteiger partial charge in [0.1, 0.15) is 17.0 Å². The van der Waals surface area contributed by atoms with Crippen LogP contribution >= 0.6 is 11.6 Å². The number of carbonyl (C=O) groups is 6. The molecule has 3 heterocycles. The van der Waals surface area contributed by atoms with Crippen molar-refractivity contribution in [1.29, 1.82) is 0 Å². The Kier molecular flexibility index (Phi) is 35.9. The molecule has 127 heavy (non-hydrogen) atoms. The summed E-state index contributed by atoms with van der Waals surface area (Å²) in [6.45, 7) is 52.3. The fourth-order valence-corrected chi connectivity index (χ4v) is 21.8. The standard InChI is InChI=1S/2C36H57N3O3.C29H43ClN2O3.C7H15N/c2*1-25(2)42-33(41)27-17-15-26(16-18-27)30(21-22-34(3,4)5)39-32(40)31(38(9)29-13-11-10-12-14-29)37-36(39)23-19-28(20-24-36)35(6,7)8;1-19(2)35-26(34)21-11-9-20(10-12-21)23(15-16-27(3,4)5)32-25(33)24(30)31-29(32)17-13-22(14-18-29)28(6,7)8;1-8-7-5-3-2-4-6-7/h2*15-18,25,28-30H,10-14,19-24H2,1-9H3;9-12,19,22-23H,13-18H2,1-8H3;7-8H,2-6H2,1H3/t2*28?,30-,36?;22?,23-,29?;/m111./s1. The number of rotatable bonds is 21. The Hall–Kier alpha value is -6.66. The number of amidine groups is 2. The van der Waals surface area contributed by atoms with Gasteiger partial charge in [-0.2, -0.15) is 0 Å². The molecule has 3 aromatic carbocycles. The second kappa shape index (κ2) is 43.8. The van der Waals surface area contributed by atoms with Crippen LogP contribution in [0, 0.1) is 50.2 Å². The molecule has 0 radical (unpaired) electrons. The van der Waals surface area contributed by atoms with Gasteiger partial charge >= 0.3 is 17.9 Å². The third kappa shape index (κ3) is 28.0. The first-order valence-corrected chi connectivity index (χ1v) is 50.2. The second-order valence-electron chi connectivity index (χ2n) is 47.2. The van der Waals surface area contributed by atoms with Gasteiger partial charge in [0.15, 0.2) is 16.8 Å². The lowest BCUT2D eigenvalue weighted by molar-refractivity contribution is -0.135. The van der Waals surface area contributed by atoms with Gasteiger partial charge in [-0.25, -0.2) is 29.4 Å². The molecule has 710 valence electrons. The molecular weight excluding hydrogens is 1600 g/mol. The Morgan fingerprint density at radius 1 is 0.386 bits per heavy atom. The maximum absolute atomic E-state index is 14.7. The Bertz CT molecular complexity index is 3980. The van der Waals surface area contributed by atoms with Crippen molar-refractivity contribution >= 4 is 64.1 Å². The lowest BCUT2D eigenvalue weighted by Gasteiger charge is -2.47. The summed E-state index contributed by atoms with van der Waals surface area (Å²) in [5.74, 6) is 2.19. The summed E-state index contributed by atoms with van der Waals surface area (Å²) >= 11 is 6.44. The highest BCUT2D eigenvalue weighted by Crippen LogP contribution is 2.55. The number of nitrogens with zero attached hydrogens (tertiary/aromatic N) is 8. The van der Waals surface area contributed by atoms with Crippen LogP contribution in [0.1, 0.15) is 444 Å². The minimum absolute atomic E-state index is 0.0829. The summed E-state index contributed by atoms with van der Waals surface area (Å²) in [5, 5.41) is 3.40. The molecule has 9 aliphatic rings. The van der Waals surface area contributed by atoms with Gasteiger partial charge in [0.2, 0.25) is 0 Å². The van der Waals surface area contributed by atoms with Gasteiger partial charge in [-0.3, -0.25) is 14.4 Å². The van der Waals surface area contributed by atoms with E-state index in [9.17, 15) is 28.8 Å². The maximum Gasteiger partial charge on any atom is 0.338 e. The van der Waals surface area contributed by atoms with Gasteiger partial charge in [-0.15, -0.1) is 0 Å². The topological polar surface area (TPSA) is 195 Å². The second-order valence-corrected chi connectivity index (χ2v) is 47.5. The van der Waals surface area contributed by atoms with E-state index in [0.717, 1.165) is 164 Å². The van der Waals surface area contributed by atoms with Crippen molar-refractivity contribution in [2.24, 2.45) is 65.2 Å². The predicted octanol–water partition coefficient (Wildman–Crippen LogP) is 26.2. The quantitative estimate of drug-likeness (QED) is 0.0784. The number of hydrogen-bond donors (Lipinski definition) is 1. The van der Waals surface area contributed by atoms with Crippen molar-refractivity contribution < 1.29 is 43.0 Å². The number of carbonyl (C=O) groups excluding carboxylic acids is 6. The highest BCUT2D eigenvalue weighted by atomic mass is 35.5. The minimum Gasteiger partial charge on any atom is -0.459 e. The molecule has 19 heteroatoms. The van der Waals surface area contributed by atoms with Gasteiger partial charge in [0.05, 0.1) is 53.1 Å². The van der Waals surface area contributed by atoms with Crippen molar-refractivity contribution in [2.75, 3.05) is 21.1 Å². The highest BCUT2D eigenvalue weighted by molar-refractivity contribution is 6.83. The number of esters is 3. The molecule has 0 saturated heterocycles. The summed E-state index contributed by atoms with van der Waals surface area (Å²) in [7, 11) is 6.27. The Morgan fingerprint density at radius 2 is 0.630 bits per heavy atom. The first-order chi connectivity index (χ1) is 59.3. The first-order valence-electron chi connectivity index (χ1n) is 49.8. The van der Waals surface area contributed by atoms with Crippen molar-refractivity contribution in [1.82, 2.24) is 29.8 Å². The van der Waals surface area contributed by atoms with E-state index in [1.165, 1.54) is 70.6 Å². The average Bonchev–Trinajstić information content (AvgIpc) is 1.60. The fraction of sp³-hybridized carbons (Fsp3) is 0.750. The van der Waals surface area contributed by atoms with E-state index >= 15 is 0 Å². The van der Waals surface area contributed by atoms with Gasteiger partial charge < -0.3 is 44.0 Å². The van der Waals surface area contributed by atoms with Gasteiger partial charge in [-0.05, 0) is 306 Å². The molecule has 3 aliphatic heterocycles. The lowest BCUT2D eigenvalue weighted by atomic mass is 9.69. The van der Waals surface area contributed by atoms with Crippen LogP contribution in [0.25, 0.3) is 0 Å². The monoisotopic (exact) mass is 1770 g/mol. The molecule has 3 atom stereocenters. The van der Waals surface area contributed by atoms with E-state index < -0.39 is 17.0 Å². The van der Waals surface area contributed by atoms with Crippen LogP contribution in [-0.2, 0) is 28.6 Å². The first kappa shape index (κ1) is 104. The van der Waals surface area contributed by atoms with Crippen LogP contribution in [0.2, 0.25) is 0 Å². The molecule has 0 unspecified atom stereocenters. The number of nitrogens with one attached hydrogen (secondary N) is 1. The van der Waals surface area contributed by atoms with E-state index in [1.807, 2.05) is 107 Å². The number of benzene rings is 3. The van der Waals surface area contributed by atoms with E-state index in [2.05, 4.69) is 171 Å². The predicted molar refractivity (Wildman–Crippen MR) is 522 cm³/mol. The Balaban J connectivity index is 0.000000206. The summed E-state index contributed by atoms with van der Waals surface area (Å²) in [4.78, 5) is 107. The van der Waals surface area contributed by atoms with Crippen LogP contribution in [0.4, 0.5) is 0 Å². The maximum atomic E-state index is 14.7. The van der Waals surface area contributed by atoms with E-state index in [4.69, 9.17) is 40.8 Å². The van der Waals surface area contributed by atoms with E-state index in [-0.39, 0.29) is 110 Å². The zero-order valence-electron chi connectivity index (χ0n) is 84.3. The SMILES string of the molecule is CC(C)OC(=O)c1ccc([C@@H](CCC(C)(C)C)N2C(=O)C(Cl)=NC23CCC(C(C)(C)C)CC3)cc1.CC(C)OC(=O)c1ccc([C@@H](CCC(C)(C)C)N2C(=O)C(N(C)C3CCCCC3)=NC23CCC(C(C)(C)C)CC3)cc1.CC(C)OC(=O)c1ccc([C@@H](CCC(C)(C)C)N2C(=O)C(N(C)C3CCCCC3)=NC23CCC(C(C)(C)C)CC3)cc1.CNC1CCCCC1. The number of ether oxygens (including phenoxy) is 3. The zero-order valence-corrected chi connectivity index (χ0v) is 85.1. The third-order valence-corrected chi connectivity index (χ3v) is 29.8. The summed E-state index contributed by atoms with van der Waals surface area (Å²) in [6.07, 6.45) is 35.5. The molecule has 6 saturated carbocycles. The molecule has 6 fully saturated rings. The van der Waals surface area contributed by atoms with E-state index in [1.54, 1.807) is 12.1 Å². The van der Waals surface area contributed by atoms with E-state index in [0.29, 0.717) is 58.2 Å². The molecular formula is C108H172ClN9O9. The molecule has 3 aromatic rings. The Labute approximate surface area is 774 Å².